The molecule has 0 aliphatic carbocycles. The normalized spacial score (nSPS) is 19.9. The molecule has 0 bridgehead atoms. The molecule has 6 heteroatoms. The lowest BCUT2D eigenvalue weighted by atomic mass is 10.0. The molecule has 0 aromatic heterocycles. The molecular formula is C21H32N4O2. The SMILES string of the molecule is CC(C)C(=O)N1CCC(NC(=O)NCCN2c3ccccc3CC2C)CC1. The fraction of sp³-hybridized carbons (Fsp3) is 0.619. The Morgan fingerprint density at radius 3 is 2.59 bits per heavy atom. The van der Waals surface area contributed by atoms with Crippen LogP contribution < -0.4 is 15.5 Å². The van der Waals surface area contributed by atoms with Gasteiger partial charge in [-0.1, -0.05) is 32.0 Å². The van der Waals surface area contributed by atoms with Crippen molar-refractivity contribution >= 4 is 17.6 Å². The van der Waals surface area contributed by atoms with Crippen LogP contribution in [0, 0.1) is 5.92 Å². The molecular weight excluding hydrogens is 340 g/mol. The van der Waals surface area contributed by atoms with Gasteiger partial charge in [-0.15, -0.1) is 0 Å². The van der Waals surface area contributed by atoms with Crippen molar-refractivity contribution in [2.24, 2.45) is 5.92 Å². The quantitative estimate of drug-likeness (QED) is 0.834. The first-order valence-electron chi connectivity index (χ1n) is 10.1. The molecule has 1 fully saturated rings. The van der Waals surface area contributed by atoms with Crippen molar-refractivity contribution in [3.05, 3.63) is 29.8 Å². The zero-order valence-corrected chi connectivity index (χ0v) is 16.7. The molecule has 1 aromatic rings. The number of likely N-dealkylation sites (tertiary alicyclic amines) is 1. The van der Waals surface area contributed by atoms with Crippen LogP contribution in [0.4, 0.5) is 10.5 Å². The van der Waals surface area contributed by atoms with Gasteiger partial charge in [0.15, 0.2) is 0 Å². The highest BCUT2D eigenvalue weighted by Gasteiger charge is 2.26. The number of benzene rings is 1. The van der Waals surface area contributed by atoms with Gasteiger partial charge in [-0.25, -0.2) is 4.79 Å². The van der Waals surface area contributed by atoms with Crippen molar-refractivity contribution in [1.82, 2.24) is 15.5 Å². The van der Waals surface area contributed by atoms with Gasteiger partial charge in [0, 0.05) is 49.9 Å². The van der Waals surface area contributed by atoms with Crippen LogP contribution in [0.15, 0.2) is 24.3 Å². The lowest BCUT2D eigenvalue weighted by molar-refractivity contribution is -0.135. The van der Waals surface area contributed by atoms with Gasteiger partial charge >= 0.3 is 6.03 Å². The molecule has 1 aromatic carbocycles. The van der Waals surface area contributed by atoms with E-state index in [2.05, 4.69) is 46.7 Å². The van der Waals surface area contributed by atoms with Crippen molar-refractivity contribution in [1.29, 1.82) is 0 Å². The summed E-state index contributed by atoms with van der Waals surface area (Å²) in [5.74, 6) is 0.244. The molecule has 0 radical (unpaired) electrons. The molecule has 6 nitrogen and oxygen atoms in total. The predicted molar refractivity (Wildman–Crippen MR) is 108 cm³/mol. The Kier molecular flexibility index (Phi) is 6.24. The lowest BCUT2D eigenvalue weighted by Gasteiger charge is -2.33. The van der Waals surface area contributed by atoms with Crippen LogP contribution >= 0.6 is 0 Å². The molecule has 3 amide bonds. The number of fused-ring (bicyclic) bond motifs is 1. The van der Waals surface area contributed by atoms with E-state index in [0.717, 1.165) is 38.9 Å². The highest BCUT2D eigenvalue weighted by Crippen LogP contribution is 2.31. The minimum Gasteiger partial charge on any atom is -0.367 e. The summed E-state index contributed by atoms with van der Waals surface area (Å²) in [6.45, 7) is 8.97. The number of carbonyl (C=O) groups excluding carboxylic acids is 2. The van der Waals surface area contributed by atoms with E-state index < -0.39 is 0 Å². The van der Waals surface area contributed by atoms with E-state index in [1.165, 1.54) is 11.3 Å². The smallest absolute Gasteiger partial charge is 0.315 e. The Morgan fingerprint density at radius 1 is 1.19 bits per heavy atom. The third-order valence-electron chi connectivity index (χ3n) is 5.62. The van der Waals surface area contributed by atoms with Gasteiger partial charge in [-0.2, -0.15) is 0 Å². The van der Waals surface area contributed by atoms with Gasteiger partial charge in [0.05, 0.1) is 0 Å². The fourth-order valence-corrected chi connectivity index (χ4v) is 4.11. The maximum atomic E-state index is 12.2. The van der Waals surface area contributed by atoms with E-state index in [-0.39, 0.29) is 23.9 Å². The summed E-state index contributed by atoms with van der Waals surface area (Å²) < 4.78 is 0. The zero-order chi connectivity index (χ0) is 19.4. The van der Waals surface area contributed by atoms with Crippen LogP contribution in [0.2, 0.25) is 0 Å². The Balaban J connectivity index is 1.38. The van der Waals surface area contributed by atoms with Gasteiger partial charge in [0.2, 0.25) is 5.91 Å². The number of rotatable bonds is 5. The van der Waals surface area contributed by atoms with Crippen LogP contribution in [-0.4, -0.2) is 55.1 Å². The number of para-hydroxylation sites is 1. The molecule has 0 spiro atoms. The fourth-order valence-electron chi connectivity index (χ4n) is 4.11. The van der Waals surface area contributed by atoms with Crippen LogP contribution in [0.1, 0.15) is 39.2 Å². The van der Waals surface area contributed by atoms with Crippen molar-refractivity contribution in [2.75, 3.05) is 31.1 Å². The first kappa shape index (κ1) is 19.5. The van der Waals surface area contributed by atoms with Crippen LogP contribution in [0.25, 0.3) is 0 Å². The summed E-state index contributed by atoms with van der Waals surface area (Å²) in [6, 6.07) is 9.00. The Labute approximate surface area is 162 Å². The molecule has 2 heterocycles. The number of piperidine rings is 1. The van der Waals surface area contributed by atoms with E-state index in [9.17, 15) is 9.59 Å². The minimum absolute atomic E-state index is 0.0379. The van der Waals surface area contributed by atoms with Crippen molar-refractivity contribution in [3.8, 4) is 0 Å². The van der Waals surface area contributed by atoms with Gasteiger partial charge in [-0.05, 0) is 37.8 Å². The number of hydrogen-bond donors (Lipinski definition) is 2. The van der Waals surface area contributed by atoms with E-state index >= 15 is 0 Å². The molecule has 0 saturated carbocycles. The molecule has 148 valence electrons. The molecule has 1 unspecified atom stereocenters. The van der Waals surface area contributed by atoms with E-state index in [0.29, 0.717) is 12.6 Å². The molecule has 2 aliphatic rings. The Bertz CT molecular complexity index is 668. The first-order valence-corrected chi connectivity index (χ1v) is 10.1. The maximum absolute atomic E-state index is 12.2. The average molecular weight is 373 g/mol. The molecule has 2 aliphatic heterocycles. The number of amides is 3. The maximum Gasteiger partial charge on any atom is 0.315 e. The second-order valence-electron chi connectivity index (χ2n) is 8.03. The number of hydrogen-bond acceptors (Lipinski definition) is 3. The van der Waals surface area contributed by atoms with E-state index in [1.54, 1.807) is 0 Å². The topological polar surface area (TPSA) is 64.7 Å². The third kappa shape index (κ3) is 4.73. The monoisotopic (exact) mass is 372 g/mol. The number of carbonyl (C=O) groups is 2. The largest absolute Gasteiger partial charge is 0.367 e. The van der Waals surface area contributed by atoms with Crippen molar-refractivity contribution < 1.29 is 9.59 Å². The summed E-state index contributed by atoms with van der Waals surface area (Å²) in [4.78, 5) is 28.5. The number of anilines is 1. The second kappa shape index (κ2) is 8.63. The molecule has 1 atom stereocenters. The highest BCUT2D eigenvalue weighted by atomic mass is 16.2. The van der Waals surface area contributed by atoms with Crippen LogP contribution in [0.3, 0.4) is 0 Å². The molecule has 2 N–H and O–H groups in total. The summed E-state index contributed by atoms with van der Waals surface area (Å²) in [5, 5.41) is 6.04. The lowest BCUT2D eigenvalue weighted by Crippen LogP contribution is -2.50. The zero-order valence-electron chi connectivity index (χ0n) is 16.7. The van der Waals surface area contributed by atoms with Gasteiger partial charge < -0.3 is 20.4 Å². The first-order chi connectivity index (χ1) is 13.0. The summed E-state index contributed by atoms with van der Waals surface area (Å²) in [6.07, 6.45) is 2.71. The highest BCUT2D eigenvalue weighted by molar-refractivity contribution is 5.78. The summed E-state index contributed by atoms with van der Waals surface area (Å²) in [7, 11) is 0. The third-order valence-corrected chi connectivity index (χ3v) is 5.62. The number of nitrogens with zero attached hydrogens (tertiary/aromatic N) is 2. The molecule has 27 heavy (non-hydrogen) atoms. The number of nitrogens with one attached hydrogen (secondary N) is 2. The van der Waals surface area contributed by atoms with Crippen molar-refractivity contribution in [3.63, 3.8) is 0 Å². The van der Waals surface area contributed by atoms with Crippen molar-refractivity contribution in [2.45, 2.75) is 52.1 Å². The Hall–Kier alpha value is -2.24. The molecule has 1 saturated heterocycles. The summed E-state index contributed by atoms with van der Waals surface area (Å²) >= 11 is 0. The average Bonchev–Trinajstić information content (AvgIpc) is 2.97. The van der Waals surface area contributed by atoms with Crippen LogP contribution in [-0.2, 0) is 11.2 Å². The van der Waals surface area contributed by atoms with E-state index in [1.807, 2.05) is 18.7 Å². The number of urea groups is 1. The Morgan fingerprint density at radius 2 is 1.89 bits per heavy atom. The standard InChI is InChI=1S/C21H32N4O2/c1-15(2)20(26)24-11-8-18(9-12-24)23-21(27)22-10-13-25-16(3)14-17-6-4-5-7-19(17)25/h4-7,15-16,18H,8-14H2,1-3H3,(H2,22,23,27). The minimum atomic E-state index is -0.108. The molecule has 3 rings (SSSR count). The van der Waals surface area contributed by atoms with E-state index in [4.69, 9.17) is 0 Å². The second-order valence-corrected chi connectivity index (χ2v) is 8.03. The predicted octanol–water partition coefficient (Wildman–Crippen LogP) is 2.38. The summed E-state index contributed by atoms with van der Waals surface area (Å²) in [5.41, 5.74) is 2.67. The van der Waals surface area contributed by atoms with Gasteiger partial charge in [-0.3, -0.25) is 4.79 Å². The van der Waals surface area contributed by atoms with Gasteiger partial charge in [0.1, 0.15) is 0 Å². The van der Waals surface area contributed by atoms with Crippen LogP contribution in [0.5, 0.6) is 0 Å². The van der Waals surface area contributed by atoms with Gasteiger partial charge in [0.25, 0.3) is 0 Å².